The molecule has 0 spiro atoms. The van der Waals surface area contributed by atoms with Crippen LogP contribution in [0.1, 0.15) is 6.42 Å². The van der Waals surface area contributed by atoms with Gasteiger partial charge in [-0.25, -0.2) is 9.97 Å². The van der Waals surface area contributed by atoms with E-state index in [0.717, 1.165) is 30.8 Å². The number of hydrogen-bond donors (Lipinski definition) is 3. The van der Waals surface area contributed by atoms with Crippen LogP contribution in [0.2, 0.25) is 0 Å². The van der Waals surface area contributed by atoms with Crippen molar-refractivity contribution in [1.82, 2.24) is 28.4 Å². The smallest absolute Gasteiger partial charge is 0.306 e. The van der Waals surface area contributed by atoms with Gasteiger partial charge < -0.3 is 19.4 Å². The minimum Gasteiger partial charge on any atom is -0.579 e. The first-order valence-corrected chi connectivity index (χ1v) is 11.0. The number of phenolic OH excluding ortho intramolecular Hbond substituents is 1. The van der Waals surface area contributed by atoms with Crippen molar-refractivity contribution in [3.8, 4) is 28.4 Å². The lowest BCUT2D eigenvalue weighted by Gasteiger charge is -2.27. The summed E-state index contributed by atoms with van der Waals surface area (Å²) in [5.74, 6) is 1.05. The number of imidazole rings is 1. The molecule has 1 aromatic carbocycles. The van der Waals surface area contributed by atoms with Gasteiger partial charge in [-0.1, -0.05) is 12.1 Å². The molecule has 0 saturated carbocycles. The highest BCUT2D eigenvalue weighted by molar-refractivity contribution is 7.87. The summed E-state index contributed by atoms with van der Waals surface area (Å²) in [5, 5.41) is 13.1. The largest absolute Gasteiger partial charge is 0.579 e. The Balaban J connectivity index is 1.42. The molecule has 160 valence electrons. The number of hydrogen-bond acceptors (Lipinski definition) is 9. The molecule has 3 aromatic heterocycles. The van der Waals surface area contributed by atoms with Gasteiger partial charge in [0.15, 0.2) is 0 Å². The number of nitrogens with one attached hydrogen (secondary N) is 2. The van der Waals surface area contributed by atoms with Gasteiger partial charge in [0, 0.05) is 37.6 Å². The third-order valence-corrected chi connectivity index (χ3v) is 6.25. The SMILES string of the molecule is [O-][S+]1NCCCN1CCNc1nccc(-c2c(-c3cccc(O)c3)nc3occn23)n1. The van der Waals surface area contributed by atoms with Gasteiger partial charge >= 0.3 is 5.84 Å². The van der Waals surface area contributed by atoms with E-state index < -0.39 is 11.5 Å². The fourth-order valence-electron chi connectivity index (χ4n) is 3.54. The Morgan fingerprint density at radius 2 is 2.23 bits per heavy atom. The van der Waals surface area contributed by atoms with E-state index in [1.165, 1.54) is 0 Å². The lowest BCUT2D eigenvalue weighted by atomic mass is 10.1. The number of oxazole rings is 1. The number of phenols is 1. The summed E-state index contributed by atoms with van der Waals surface area (Å²) in [4.78, 5) is 13.5. The number of anilines is 1. The molecular formula is C20H21N7O3S. The maximum absolute atomic E-state index is 12.0. The van der Waals surface area contributed by atoms with Crippen LogP contribution in [-0.4, -0.2) is 59.5 Å². The second kappa shape index (κ2) is 8.55. The van der Waals surface area contributed by atoms with Crippen molar-refractivity contribution in [2.75, 3.05) is 31.5 Å². The summed E-state index contributed by atoms with van der Waals surface area (Å²) in [7, 11) is 0. The summed E-state index contributed by atoms with van der Waals surface area (Å²) in [6.07, 6.45) is 5.98. The Kier molecular flexibility index (Phi) is 5.47. The van der Waals surface area contributed by atoms with Crippen molar-refractivity contribution in [1.29, 1.82) is 0 Å². The monoisotopic (exact) mass is 439 g/mol. The Morgan fingerprint density at radius 1 is 1.29 bits per heavy atom. The van der Waals surface area contributed by atoms with E-state index in [-0.39, 0.29) is 5.75 Å². The number of nitrogens with zero attached hydrogens (tertiary/aromatic N) is 5. The zero-order valence-electron chi connectivity index (χ0n) is 16.6. The fourth-order valence-corrected chi connectivity index (χ4v) is 4.59. The summed E-state index contributed by atoms with van der Waals surface area (Å²) in [6, 6.07) is 8.71. The van der Waals surface area contributed by atoms with E-state index in [4.69, 9.17) is 4.42 Å². The van der Waals surface area contributed by atoms with Gasteiger partial charge in [-0.2, -0.15) is 4.98 Å². The van der Waals surface area contributed by atoms with Gasteiger partial charge in [-0.15, -0.1) is 9.03 Å². The molecule has 0 amide bonds. The normalized spacial score (nSPS) is 17.3. The predicted molar refractivity (Wildman–Crippen MR) is 116 cm³/mol. The first kappa shape index (κ1) is 19.8. The maximum Gasteiger partial charge on any atom is 0.306 e. The number of fused-ring (bicyclic) bond motifs is 1. The molecule has 0 aliphatic carbocycles. The van der Waals surface area contributed by atoms with E-state index >= 15 is 0 Å². The molecular weight excluding hydrogens is 418 g/mol. The third kappa shape index (κ3) is 4.08. The molecule has 1 unspecified atom stereocenters. The quantitative estimate of drug-likeness (QED) is 0.387. The van der Waals surface area contributed by atoms with Crippen LogP contribution >= 0.6 is 0 Å². The van der Waals surface area contributed by atoms with E-state index in [0.29, 0.717) is 36.3 Å². The molecule has 3 N–H and O–H groups in total. The molecule has 1 aliphatic heterocycles. The second-order valence-electron chi connectivity index (χ2n) is 7.03. The third-order valence-electron chi connectivity index (χ3n) is 4.97. The van der Waals surface area contributed by atoms with Crippen molar-refractivity contribution in [2.24, 2.45) is 0 Å². The van der Waals surface area contributed by atoms with Crippen LogP contribution in [0.3, 0.4) is 0 Å². The van der Waals surface area contributed by atoms with E-state index in [9.17, 15) is 9.66 Å². The van der Waals surface area contributed by atoms with Gasteiger partial charge in [0.1, 0.15) is 34.9 Å². The lowest BCUT2D eigenvalue weighted by molar-refractivity contribution is 0.383. The molecule has 11 heteroatoms. The highest BCUT2D eigenvalue weighted by Crippen LogP contribution is 2.33. The van der Waals surface area contributed by atoms with Crippen LogP contribution in [0.5, 0.6) is 5.75 Å². The van der Waals surface area contributed by atoms with Gasteiger partial charge in [0.25, 0.3) is 0 Å². The lowest BCUT2D eigenvalue weighted by Crippen LogP contribution is -2.48. The molecule has 1 saturated heterocycles. The summed E-state index contributed by atoms with van der Waals surface area (Å²) in [5.41, 5.74) is 2.80. The number of aromatic hydroxyl groups is 1. The van der Waals surface area contributed by atoms with Crippen LogP contribution < -0.4 is 10.0 Å². The molecule has 1 aliphatic rings. The number of benzene rings is 1. The Bertz CT molecular complexity index is 1190. The van der Waals surface area contributed by atoms with Crippen molar-refractivity contribution in [3.63, 3.8) is 0 Å². The van der Waals surface area contributed by atoms with E-state index in [1.54, 1.807) is 42.9 Å². The summed E-state index contributed by atoms with van der Waals surface area (Å²) in [6.45, 7) is 2.74. The van der Waals surface area contributed by atoms with Gasteiger partial charge in [0.2, 0.25) is 5.95 Å². The second-order valence-corrected chi connectivity index (χ2v) is 8.34. The van der Waals surface area contributed by atoms with Crippen molar-refractivity contribution in [2.45, 2.75) is 6.42 Å². The van der Waals surface area contributed by atoms with Crippen LogP contribution in [0.15, 0.2) is 53.4 Å². The molecule has 10 nitrogen and oxygen atoms in total. The van der Waals surface area contributed by atoms with E-state index in [1.807, 2.05) is 14.8 Å². The molecule has 1 fully saturated rings. The maximum atomic E-state index is 12.0. The van der Waals surface area contributed by atoms with Crippen molar-refractivity contribution < 1.29 is 14.1 Å². The molecule has 4 heterocycles. The molecule has 0 radical (unpaired) electrons. The highest BCUT2D eigenvalue weighted by Gasteiger charge is 2.24. The van der Waals surface area contributed by atoms with Crippen molar-refractivity contribution in [3.05, 3.63) is 49.0 Å². The summed E-state index contributed by atoms with van der Waals surface area (Å²) < 4.78 is 24.1. The highest BCUT2D eigenvalue weighted by atomic mass is 32.2. The van der Waals surface area contributed by atoms with Crippen LogP contribution in [0.25, 0.3) is 28.5 Å². The van der Waals surface area contributed by atoms with Crippen LogP contribution in [-0.2, 0) is 11.5 Å². The Hall–Kier alpha value is -3.12. The number of rotatable bonds is 6. The van der Waals surface area contributed by atoms with Gasteiger partial charge in [0.05, 0.1) is 12.2 Å². The standard InChI is InChI=1S/C20H21N7O3S/c28-15-4-1-3-14(13-15)17-18(27-11-12-30-20(27)25-17)16-5-7-21-19(24-16)22-8-10-26-9-2-6-23-31(26)29/h1,3-5,7,11-13,23,28H,2,6,8-10H2,(H,21,22,24). The predicted octanol–water partition coefficient (Wildman–Crippen LogP) is 2.04. The molecule has 31 heavy (non-hydrogen) atoms. The van der Waals surface area contributed by atoms with Crippen LogP contribution in [0, 0.1) is 0 Å². The van der Waals surface area contributed by atoms with Crippen molar-refractivity contribution >= 4 is 23.3 Å². The zero-order valence-corrected chi connectivity index (χ0v) is 17.4. The minimum absolute atomic E-state index is 0.155. The minimum atomic E-state index is -1.14. The topological polar surface area (TPSA) is 127 Å². The van der Waals surface area contributed by atoms with Crippen LogP contribution in [0.4, 0.5) is 5.95 Å². The Labute approximate surface area is 181 Å². The first-order valence-electron chi connectivity index (χ1n) is 9.91. The number of aromatic nitrogens is 4. The Morgan fingerprint density at radius 3 is 3.10 bits per heavy atom. The average Bonchev–Trinajstić information content (AvgIpc) is 3.37. The molecule has 1 atom stereocenters. The first-order chi connectivity index (χ1) is 15.2. The molecule has 0 bridgehead atoms. The molecule has 5 rings (SSSR count). The average molecular weight is 440 g/mol. The van der Waals surface area contributed by atoms with Gasteiger partial charge in [-0.05, 0) is 24.6 Å². The van der Waals surface area contributed by atoms with E-state index in [2.05, 4.69) is 25.0 Å². The summed E-state index contributed by atoms with van der Waals surface area (Å²) >= 11 is -1.14. The zero-order chi connectivity index (χ0) is 21.2. The fraction of sp³-hybridized carbons (Fsp3) is 0.250. The molecule has 4 aromatic rings. The van der Waals surface area contributed by atoms with Gasteiger partial charge in [-0.3, -0.25) is 4.40 Å².